The van der Waals surface area contributed by atoms with Gasteiger partial charge < -0.3 is 10.1 Å². The Balaban J connectivity index is 1.67. The predicted octanol–water partition coefficient (Wildman–Crippen LogP) is 5.34. The first-order valence-electron chi connectivity index (χ1n) is 8.67. The summed E-state index contributed by atoms with van der Waals surface area (Å²) in [5.41, 5.74) is 5.84. The zero-order valence-electron chi connectivity index (χ0n) is 15.1. The fourth-order valence-electron chi connectivity index (χ4n) is 3.05. The zero-order valence-corrected chi connectivity index (χ0v) is 15.1. The topological polar surface area (TPSA) is 61.3 Å². The summed E-state index contributed by atoms with van der Waals surface area (Å²) in [4.78, 5) is 11.9. The Hall–Kier alpha value is -3.14. The number of imidazole rings is 1. The van der Waals surface area contributed by atoms with E-state index in [9.17, 15) is 5.11 Å². The molecule has 1 aliphatic rings. The van der Waals surface area contributed by atoms with E-state index in [-0.39, 0.29) is 11.3 Å². The summed E-state index contributed by atoms with van der Waals surface area (Å²) in [7, 11) is 0. The molecule has 130 valence electrons. The SMILES string of the molecule is CC(C)(C)c1ccc(-c2nc(O)c(/C=C3\C=Nc4ccccc43)[nH]2)cc1. The van der Waals surface area contributed by atoms with Gasteiger partial charge >= 0.3 is 0 Å². The van der Waals surface area contributed by atoms with Crippen LogP contribution < -0.4 is 0 Å². The highest BCUT2D eigenvalue weighted by Crippen LogP contribution is 2.34. The largest absolute Gasteiger partial charge is 0.492 e. The summed E-state index contributed by atoms with van der Waals surface area (Å²) in [5, 5.41) is 10.3. The molecule has 2 aromatic carbocycles. The number of hydrogen-bond acceptors (Lipinski definition) is 3. The van der Waals surface area contributed by atoms with Gasteiger partial charge in [-0.05, 0) is 23.1 Å². The smallest absolute Gasteiger partial charge is 0.237 e. The number of nitrogens with zero attached hydrogens (tertiary/aromatic N) is 2. The van der Waals surface area contributed by atoms with Crippen molar-refractivity contribution in [1.82, 2.24) is 9.97 Å². The van der Waals surface area contributed by atoms with Gasteiger partial charge in [0, 0.05) is 22.9 Å². The monoisotopic (exact) mass is 343 g/mol. The van der Waals surface area contributed by atoms with Crippen molar-refractivity contribution in [3.63, 3.8) is 0 Å². The normalized spacial score (nSPS) is 14.8. The third kappa shape index (κ3) is 2.94. The van der Waals surface area contributed by atoms with Gasteiger partial charge in [-0.1, -0.05) is 63.2 Å². The van der Waals surface area contributed by atoms with Crippen LogP contribution >= 0.6 is 0 Å². The van der Waals surface area contributed by atoms with Gasteiger partial charge in [0.25, 0.3) is 0 Å². The van der Waals surface area contributed by atoms with E-state index >= 15 is 0 Å². The van der Waals surface area contributed by atoms with Crippen molar-refractivity contribution in [2.45, 2.75) is 26.2 Å². The van der Waals surface area contributed by atoms with Gasteiger partial charge in [0.2, 0.25) is 5.88 Å². The lowest BCUT2D eigenvalue weighted by Crippen LogP contribution is -2.10. The summed E-state index contributed by atoms with van der Waals surface area (Å²) in [6.07, 6.45) is 3.69. The summed E-state index contributed by atoms with van der Waals surface area (Å²) >= 11 is 0. The number of aromatic nitrogens is 2. The molecule has 0 aliphatic carbocycles. The van der Waals surface area contributed by atoms with Crippen molar-refractivity contribution in [1.29, 1.82) is 0 Å². The molecular weight excluding hydrogens is 322 g/mol. The van der Waals surface area contributed by atoms with Crippen LogP contribution in [0.1, 0.15) is 37.6 Å². The molecule has 4 heteroatoms. The Labute approximate surface area is 153 Å². The first kappa shape index (κ1) is 16.3. The van der Waals surface area contributed by atoms with E-state index in [1.165, 1.54) is 5.56 Å². The van der Waals surface area contributed by atoms with Gasteiger partial charge in [-0.2, -0.15) is 4.98 Å². The van der Waals surface area contributed by atoms with Crippen LogP contribution in [-0.4, -0.2) is 21.3 Å². The van der Waals surface area contributed by atoms with Crippen molar-refractivity contribution >= 4 is 23.6 Å². The minimum Gasteiger partial charge on any atom is -0.492 e. The highest BCUT2D eigenvalue weighted by atomic mass is 16.3. The Bertz CT molecular complexity index is 1020. The second-order valence-electron chi connectivity index (χ2n) is 7.53. The zero-order chi connectivity index (χ0) is 18.3. The standard InChI is InChI=1S/C22H21N3O/c1-22(2,3)16-10-8-14(9-11-16)20-24-19(21(26)25-20)12-15-13-23-18-7-5-4-6-17(15)18/h4-13,26H,1-3H3,(H,24,25)/b15-12+. The maximum absolute atomic E-state index is 10.3. The molecule has 0 radical (unpaired) electrons. The van der Waals surface area contributed by atoms with Crippen molar-refractivity contribution in [2.75, 3.05) is 0 Å². The second-order valence-corrected chi connectivity index (χ2v) is 7.53. The molecule has 4 nitrogen and oxygen atoms in total. The van der Waals surface area contributed by atoms with Crippen LogP contribution in [0, 0.1) is 0 Å². The van der Waals surface area contributed by atoms with Crippen molar-refractivity contribution < 1.29 is 5.11 Å². The Kier molecular flexibility index (Phi) is 3.76. The maximum Gasteiger partial charge on any atom is 0.237 e. The van der Waals surface area contributed by atoms with E-state index in [1.54, 1.807) is 0 Å². The average molecular weight is 343 g/mol. The minimum absolute atomic E-state index is 0.00909. The summed E-state index contributed by atoms with van der Waals surface area (Å²) < 4.78 is 0. The summed E-state index contributed by atoms with van der Waals surface area (Å²) in [5.74, 6) is 0.642. The predicted molar refractivity (Wildman–Crippen MR) is 107 cm³/mol. The Morgan fingerprint density at radius 1 is 1.00 bits per heavy atom. The lowest BCUT2D eigenvalue weighted by atomic mass is 9.87. The molecule has 0 saturated heterocycles. The van der Waals surface area contributed by atoms with Crippen molar-refractivity contribution in [3.8, 4) is 17.3 Å². The fourth-order valence-corrected chi connectivity index (χ4v) is 3.05. The lowest BCUT2D eigenvalue weighted by molar-refractivity contribution is 0.455. The molecular formula is C22H21N3O. The van der Waals surface area contributed by atoms with E-state index in [4.69, 9.17) is 0 Å². The fraction of sp³-hybridized carbons (Fsp3) is 0.182. The number of nitrogens with one attached hydrogen (secondary N) is 1. The molecule has 1 aromatic heterocycles. The quantitative estimate of drug-likeness (QED) is 0.660. The molecule has 0 atom stereocenters. The van der Waals surface area contributed by atoms with Gasteiger partial charge in [0.1, 0.15) is 11.5 Å². The average Bonchev–Trinajstić information content (AvgIpc) is 3.19. The number of allylic oxidation sites excluding steroid dienone is 1. The van der Waals surface area contributed by atoms with E-state index in [0.29, 0.717) is 11.5 Å². The van der Waals surface area contributed by atoms with E-state index < -0.39 is 0 Å². The molecule has 1 aliphatic heterocycles. The van der Waals surface area contributed by atoms with Crippen LogP contribution in [-0.2, 0) is 5.41 Å². The third-order valence-electron chi connectivity index (χ3n) is 4.59. The highest BCUT2D eigenvalue weighted by Gasteiger charge is 2.16. The first-order chi connectivity index (χ1) is 12.4. The third-order valence-corrected chi connectivity index (χ3v) is 4.59. The number of rotatable bonds is 2. The van der Waals surface area contributed by atoms with Gasteiger partial charge in [-0.25, -0.2) is 0 Å². The molecule has 2 N–H and O–H groups in total. The Morgan fingerprint density at radius 2 is 1.73 bits per heavy atom. The summed E-state index contributed by atoms with van der Waals surface area (Å²) in [6, 6.07) is 16.2. The molecule has 2 heterocycles. The Morgan fingerprint density at radius 3 is 2.46 bits per heavy atom. The van der Waals surface area contributed by atoms with Gasteiger partial charge in [0.15, 0.2) is 0 Å². The van der Waals surface area contributed by atoms with Crippen LogP contribution in [0.5, 0.6) is 5.88 Å². The van der Waals surface area contributed by atoms with Crippen molar-refractivity contribution in [3.05, 3.63) is 65.4 Å². The van der Waals surface area contributed by atoms with E-state index in [1.807, 2.05) is 48.7 Å². The molecule has 4 rings (SSSR count). The van der Waals surface area contributed by atoms with Gasteiger partial charge in [-0.15, -0.1) is 0 Å². The van der Waals surface area contributed by atoms with Crippen LogP contribution in [0.3, 0.4) is 0 Å². The van der Waals surface area contributed by atoms with E-state index in [2.05, 4.69) is 47.9 Å². The number of aromatic amines is 1. The lowest BCUT2D eigenvalue weighted by Gasteiger charge is -2.18. The minimum atomic E-state index is -0.00909. The number of benzene rings is 2. The van der Waals surface area contributed by atoms with Crippen LogP contribution in [0.4, 0.5) is 5.69 Å². The van der Waals surface area contributed by atoms with Crippen LogP contribution in [0.2, 0.25) is 0 Å². The molecule has 0 bridgehead atoms. The molecule has 0 unspecified atom stereocenters. The molecule has 0 saturated carbocycles. The molecule has 26 heavy (non-hydrogen) atoms. The van der Waals surface area contributed by atoms with Crippen molar-refractivity contribution in [2.24, 2.45) is 4.99 Å². The number of aromatic hydroxyl groups is 1. The van der Waals surface area contributed by atoms with Crippen LogP contribution in [0.25, 0.3) is 23.0 Å². The summed E-state index contributed by atoms with van der Waals surface area (Å²) in [6.45, 7) is 6.56. The van der Waals surface area contributed by atoms with Gasteiger partial charge in [-0.3, -0.25) is 4.99 Å². The molecule has 0 amide bonds. The number of hydrogen-bond donors (Lipinski definition) is 2. The number of aliphatic imine (C=N–C) groups is 1. The molecule has 3 aromatic rings. The molecule has 0 spiro atoms. The highest BCUT2D eigenvalue weighted by molar-refractivity contribution is 6.21. The van der Waals surface area contributed by atoms with E-state index in [0.717, 1.165) is 22.4 Å². The number of para-hydroxylation sites is 1. The molecule has 0 fully saturated rings. The number of H-pyrrole nitrogens is 1. The number of fused-ring (bicyclic) bond motifs is 1. The van der Waals surface area contributed by atoms with Gasteiger partial charge in [0.05, 0.1) is 5.69 Å². The second kappa shape index (κ2) is 5.99. The first-order valence-corrected chi connectivity index (χ1v) is 8.67. The van der Waals surface area contributed by atoms with Crippen LogP contribution in [0.15, 0.2) is 53.5 Å². The maximum atomic E-state index is 10.3.